The third-order valence-electron chi connectivity index (χ3n) is 2.40. The van der Waals surface area contributed by atoms with Crippen LogP contribution >= 0.6 is 46.6 Å². The van der Waals surface area contributed by atoms with Crippen molar-refractivity contribution in [3.8, 4) is 0 Å². The molecule has 1 saturated carbocycles. The summed E-state index contributed by atoms with van der Waals surface area (Å²) in [7, 11) is 0. The van der Waals surface area contributed by atoms with Gasteiger partial charge in [-0.1, -0.05) is 34.8 Å². The highest BCUT2D eigenvalue weighted by Gasteiger charge is 2.28. The number of hydrogen-bond donors (Lipinski definition) is 0. The summed E-state index contributed by atoms with van der Waals surface area (Å²) in [5, 5.41) is 13.7. The fraction of sp³-hybridized carbons (Fsp3) is 0.333. The minimum atomic E-state index is 0.217. The number of pyridine rings is 1. The van der Waals surface area contributed by atoms with E-state index in [0.717, 1.165) is 12.8 Å². The van der Waals surface area contributed by atoms with Crippen LogP contribution < -0.4 is 0 Å². The predicted octanol–water partition coefficient (Wildman–Crippen LogP) is 3.51. The standard InChI is InChI=1S/C9H6Cl3N5S/c10-5-3-6(11)8(13-7(5)12)18-9-14-15-16-17(9)4-1-2-4/h3-4H,1-2H2. The van der Waals surface area contributed by atoms with Crippen molar-refractivity contribution in [3.63, 3.8) is 0 Å². The Kier molecular flexibility index (Phi) is 3.36. The second-order valence-corrected chi connectivity index (χ2v) is 5.92. The topological polar surface area (TPSA) is 56.5 Å². The molecule has 0 aliphatic heterocycles. The van der Waals surface area contributed by atoms with Gasteiger partial charge in [-0.3, -0.25) is 0 Å². The Bertz CT molecular complexity index is 598. The summed E-state index contributed by atoms with van der Waals surface area (Å²) in [6.07, 6.45) is 2.20. The molecule has 2 aromatic heterocycles. The molecule has 9 heteroatoms. The lowest BCUT2D eigenvalue weighted by atomic mass is 10.5. The number of tetrazole rings is 1. The maximum atomic E-state index is 6.06. The molecule has 0 unspecified atom stereocenters. The zero-order chi connectivity index (χ0) is 12.7. The van der Waals surface area contributed by atoms with Crippen LogP contribution in [0.25, 0.3) is 0 Å². The molecule has 1 aliphatic carbocycles. The average molecular weight is 323 g/mol. The summed E-state index contributed by atoms with van der Waals surface area (Å²) >= 11 is 19.0. The molecule has 0 radical (unpaired) electrons. The molecule has 3 rings (SSSR count). The number of aromatic nitrogens is 5. The summed E-state index contributed by atoms with van der Waals surface area (Å²) in [5.41, 5.74) is 0. The molecule has 0 atom stereocenters. The van der Waals surface area contributed by atoms with Crippen molar-refractivity contribution >= 4 is 46.6 Å². The summed E-state index contributed by atoms with van der Waals surface area (Å²) < 4.78 is 1.78. The van der Waals surface area contributed by atoms with E-state index < -0.39 is 0 Å². The fourth-order valence-electron chi connectivity index (χ4n) is 1.39. The second kappa shape index (κ2) is 4.85. The van der Waals surface area contributed by atoms with E-state index >= 15 is 0 Å². The third-order valence-corrected chi connectivity index (χ3v) is 4.43. The van der Waals surface area contributed by atoms with E-state index in [1.807, 2.05) is 0 Å². The van der Waals surface area contributed by atoms with Crippen molar-refractivity contribution < 1.29 is 0 Å². The van der Waals surface area contributed by atoms with Gasteiger partial charge in [0.2, 0.25) is 5.16 Å². The Balaban J connectivity index is 1.92. The van der Waals surface area contributed by atoms with Gasteiger partial charge in [-0.2, -0.15) is 0 Å². The van der Waals surface area contributed by atoms with Gasteiger partial charge in [-0.15, -0.1) is 5.10 Å². The van der Waals surface area contributed by atoms with Crippen LogP contribution in [0.2, 0.25) is 15.2 Å². The first-order valence-electron chi connectivity index (χ1n) is 5.12. The van der Waals surface area contributed by atoms with Gasteiger partial charge < -0.3 is 0 Å². The van der Waals surface area contributed by atoms with E-state index in [2.05, 4.69) is 20.5 Å². The minimum Gasteiger partial charge on any atom is -0.226 e. The summed E-state index contributed by atoms with van der Waals surface area (Å²) in [4.78, 5) is 4.12. The highest BCUT2D eigenvalue weighted by atomic mass is 35.5. The number of nitrogens with zero attached hydrogens (tertiary/aromatic N) is 5. The Morgan fingerprint density at radius 3 is 2.72 bits per heavy atom. The second-order valence-electron chi connectivity index (χ2n) is 3.79. The van der Waals surface area contributed by atoms with Crippen LogP contribution in [0.15, 0.2) is 16.2 Å². The quantitative estimate of drug-likeness (QED) is 0.809. The van der Waals surface area contributed by atoms with Crippen molar-refractivity contribution in [2.24, 2.45) is 0 Å². The number of hydrogen-bond acceptors (Lipinski definition) is 5. The van der Waals surface area contributed by atoms with Crippen LogP contribution in [0.3, 0.4) is 0 Å². The highest BCUT2D eigenvalue weighted by molar-refractivity contribution is 7.99. The predicted molar refractivity (Wildman–Crippen MR) is 69.5 cm³/mol. The number of halogens is 3. The molecule has 1 aliphatic rings. The van der Waals surface area contributed by atoms with Crippen molar-refractivity contribution in [2.45, 2.75) is 29.1 Å². The Morgan fingerprint density at radius 2 is 2.00 bits per heavy atom. The lowest BCUT2D eigenvalue weighted by Gasteiger charge is -2.04. The molecule has 5 nitrogen and oxygen atoms in total. The average Bonchev–Trinajstić information content (AvgIpc) is 3.07. The van der Waals surface area contributed by atoms with E-state index in [1.54, 1.807) is 10.7 Å². The molecule has 0 amide bonds. The minimum absolute atomic E-state index is 0.217. The van der Waals surface area contributed by atoms with Crippen LogP contribution in [0, 0.1) is 0 Å². The molecule has 0 spiro atoms. The van der Waals surface area contributed by atoms with Crippen molar-refractivity contribution in [1.29, 1.82) is 0 Å². The Labute approximate surface area is 122 Å². The largest absolute Gasteiger partial charge is 0.226 e. The van der Waals surface area contributed by atoms with E-state index in [9.17, 15) is 0 Å². The van der Waals surface area contributed by atoms with Gasteiger partial charge >= 0.3 is 0 Å². The van der Waals surface area contributed by atoms with E-state index in [0.29, 0.717) is 26.3 Å². The summed E-state index contributed by atoms with van der Waals surface area (Å²) in [6, 6.07) is 1.95. The molecule has 1 fully saturated rings. The van der Waals surface area contributed by atoms with Gasteiger partial charge in [0.1, 0.15) is 10.2 Å². The molecular weight excluding hydrogens is 317 g/mol. The van der Waals surface area contributed by atoms with Crippen molar-refractivity contribution in [2.75, 3.05) is 0 Å². The first kappa shape index (κ1) is 12.5. The van der Waals surface area contributed by atoms with Crippen LogP contribution in [0.4, 0.5) is 0 Å². The molecule has 0 aromatic carbocycles. The maximum absolute atomic E-state index is 6.06. The molecule has 2 heterocycles. The molecule has 2 aromatic rings. The van der Waals surface area contributed by atoms with Crippen molar-refractivity contribution in [3.05, 3.63) is 21.3 Å². The van der Waals surface area contributed by atoms with Gasteiger partial charge in [0.05, 0.1) is 16.1 Å². The van der Waals surface area contributed by atoms with Gasteiger partial charge in [0.25, 0.3) is 0 Å². The highest BCUT2D eigenvalue weighted by Crippen LogP contribution is 2.39. The smallest absolute Gasteiger partial charge is 0.215 e. The van der Waals surface area contributed by atoms with E-state index in [4.69, 9.17) is 34.8 Å². The fourth-order valence-corrected chi connectivity index (χ4v) is 2.87. The molecule has 0 N–H and O–H groups in total. The third kappa shape index (κ3) is 2.42. The molecule has 94 valence electrons. The first-order valence-corrected chi connectivity index (χ1v) is 7.07. The normalized spacial score (nSPS) is 15.1. The Morgan fingerprint density at radius 1 is 1.22 bits per heavy atom. The Hall–Kier alpha value is -0.560. The zero-order valence-electron chi connectivity index (χ0n) is 8.85. The number of rotatable bonds is 3. The van der Waals surface area contributed by atoms with Gasteiger partial charge in [0, 0.05) is 0 Å². The summed E-state index contributed by atoms with van der Waals surface area (Å²) in [5.74, 6) is 0. The molecule has 0 saturated heterocycles. The van der Waals surface area contributed by atoms with Crippen molar-refractivity contribution in [1.82, 2.24) is 25.2 Å². The van der Waals surface area contributed by atoms with Crippen LogP contribution in [0.5, 0.6) is 0 Å². The maximum Gasteiger partial charge on any atom is 0.215 e. The SMILES string of the molecule is Clc1cc(Cl)c(Sc2nnnn2C2CC2)nc1Cl. The zero-order valence-corrected chi connectivity index (χ0v) is 11.9. The molecular formula is C9H6Cl3N5S. The van der Waals surface area contributed by atoms with Gasteiger partial charge in [0.15, 0.2) is 0 Å². The lowest BCUT2D eigenvalue weighted by molar-refractivity contribution is 0.565. The molecule has 18 heavy (non-hydrogen) atoms. The summed E-state index contributed by atoms with van der Waals surface area (Å²) in [6.45, 7) is 0. The van der Waals surface area contributed by atoms with Crippen LogP contribution in [-0.4, -0.2) is 25.2 Å². The lowest BCUT2D eigenvalue weighted by Crippen LogP contribution is -1.99. The van der Waals surface area contributed by atoms with Crippen LogP contribution in [-0.2, 0) is 0 Å². The van der Waals surface area contributed by atoms with Gasteiger partial charge in [-0.25, -0.2) is 9.67 Å². The van der Waals surface area contributed by atoms with E-state index in [1.165, 1.54) is 11.8 Å². The monoisotopic (exact) mass is 321 g/mol. The first-order chi connectivity index (χ1) is 8.65. The van der Waals surface area contributed by atoms with Crippen LogP contribution in [0.1, 0.15) is 18.9 Å². The van der Waals surface area contributed by atoms with E-state index in [-0.39, 0.29) is 5.15 Å². The van der Waals surface area contributed by atoms with Gasteiger partial charge in [-0.05, 0) is 41.1 Å². The molecule has 0 bridgehead atoms.